The molecule has 2 aliphatic heterocycles. The molecule has 1 amide bonds. The van der Waals surface area contributed by atoms with Gasteiger partial charge in [0.25, 0.3) is 0 Å². The maximum absolute atomic E-state index is 12.8. The van der Waals surface area contributed by atoms with Crippen LogP contribution >= 0.6 is 0 Å². The van der Waals surface area contributed by atoms with Crippen LogP contribution in [-0.2, 0) is 22.6 Å². The van der Waals surface area contributed by atoms with Gasteiger partial charge >= 0.3 is 0 Å². The maximum atomic E-state index is 12.8. The van der Waals surface area contributed by atoms with Crippen molar-refractivity contribution in [1.29, 1.82) is 0 Å². The number of benzene rings is 1. The van der Waals surface area contributed by atoms with Gasteiger partial charge in [0, 0.05) is 13.1 Å². The standard InChI is InChI=1S/C18H22N4O2/c1-12-3-4-13(2)14(7-12)8-18(23)21-6-5-17-16(10-21)22-15(11-24-17)9-19-20-22/h3-4,7,9,16-17H,5-6,8,10-11H2,1-2H3/t16-,17-/m0/s1. The lowest BCUT2D eigenvalue weighted by Crippen LogP contribution is -2.50. The number of likely N-dealkylation sites (tertiary alicyclic amines) is 1. The molecule has 0 unspecified atom stereocenters. The van der Waals surface area contributed by atoms with E-state index < -0.39 is 0 Å². The summed E-state index contributed by atoms with van der Waals surface area (Å²) in [6.45, 7) is 6.07. The van der Waals surface area contributed by atoms with Gasteiger partial charge in [0.05, 0.1) is 37.1 Å². The van der Waals surface area contributed by atoms with Crippen LogP contribution in [-0.4, -0.2) is 45.0 Å². The molecule has 0 saturated carbocycles. The third-order valence-corrected chi connectivity index (χ3v) is 5.13. The summed E-state index contributed by atoms with van der Waals surface area (Å²) in [4.78, 5) is 14.7. The summed E-state index contributed by atoms with van der Waals surface area (Å²) in [5.41, 5.74) is 4.46. The third kappa shape index (κ3) is 2.71. The minimum absolute atomic E-state index is 0.0764. The van der Waals surface area contributed by atoms with E-state index in [9.17, 15) is 4.79 Å². The highest BCUT2D eigenvalue weighted by Gasteiger charge is 2.37. The van der Waals surface area contributed by atoms with Crippen molar-refractivity contribution in [2.75, 3.05) is 13.1 Å². The first-order chi connectivity index (χ1) is 11.6. The Labute approximate surface area is 141 Å². The highest BCUT2D eigenvalue weighted by molar-refractivity contribution is 5.79. The second kappa shape index (κ2) is 6.02. The predicted molar refractivity (Wildman–Crippen MR) is 88.5 cm³/mol. The average Bonchev–Trinajstić information content (AvgIpc) is 3.06. The fourth-order valence-corrected chi connectivity index (χ4v) is 3.67. The molecule has 0 radical (unpaired) electrons. The molecule has 2 aliphatic rings. The Morgan fingerprint density at radius 2 is 2.25 bits per heavy atom. The number of amides is 1. The van der Waals surface area contributed by atoms with Crippen LogP contribution in [0.15, 0.2) is 24.4 Å². The van der Waals surface area contributed by atoms with Gasteiger partial charge in [0.1, 0.15) is 0 Å². The Bertz CT molecular complexity index is 770. The van der Waals surface area contributed by atoms with Gasteiger partial charge in [0.15, 0.2) is 0 Å². The average molecular weight is 326 g/mol. The minimum Gasteiger partial charge on any atom is -0.370 e. The van der Waals surface area contributed by atoms with Gasteiger partial charge in [-0.1, -0.05) is 29.0 Å². The summed E-state index contributed by atoms with van der Waals surface area (Å²) in [5, 5.41) is 8.18. The first-order valence-corrected chi connectivity index (χ1v) is 8.46. The van der Waals surface area contributed by atoms with Crippen molar-refractivity contribution in [2.24, 2.45) is 0 Å². The SMILES string of the molecule is Cc1ccc(C)c(CC(=O)N2CC[C@@H]3OCc4cnnn4[C@H]3C2)c1. The number of fused-ring (bicyclic) bond motifs is 3. The summed E-state index contributed by atoms with van der Waals surface area (Å²) in [6, 6.07) is 6.35. The number of nitrogens with zero attached hydrogens (tertiary/aromatic N) is 4. The summed E-state index contributed by atoms with van der Waals surface area (Å²) >= 11 is 0. The van der Waals surface area contributed by atoms with Crippen molar-refractivity contribution in [1.82, 2.24) is 19.9 Å². The van der Waals surface area contributed by atoms with Crippen LogP contribution in [0.25, 0.3) is 0 Å². The second-order valence-electron chi connectivity index (χ2n) is 6.82. The maximum Gasteiger partial charge on any atom is 0.227 e. The zero-order chi connectivity index (χ0) is 16.7. The normalized spacial score (nSPS) is 22.8. The van der Waals surface area contributed by atoms with Gasteiger partial charge in [-0.3, -0.25) is 4.79 Å². The van der Waals surface area contributed by atoms with Crippen LogP contribution in [0.1, 0.15) is 34.8 Å². The number of piperidine rings is 1. The van der Waals surface area contributed by atoms with Crippen molar-refractivity contribution in [3.63, 3.8) is 0 Å². The second-order valence-corrected chi connectivity index (χ2v) is 6.82. The molecule has 0 spiro atoms. The van der Waals surface area contributed by atoms with Gasteiger partial charge < -0.3 is 9.64 Å². The molecule has 6 nitrogen and oxygen atoms in total. The lowest BCUT2D eigenvalue weighted by Gasteiger charge is -2.41. The molecule has 2 atom stereocenters. The summed E-state index contributed by atoms with van der Waals surface area (Å²) in [5.74, 6) is 0.175. The van der Waals surface area contributed by atoms with Crippen LogP contribution in [0, 0.1) is 13.8 Å². The number of aromatic nitrogens is 3. The van der Waals surface area contributed by atoms with E-state index in [1.165, 1.54) is 11.1 Å². The van der Waals surface area contributed by atoms with Crippen LogP contribution in [0.3, 0.4) is 0 Å². The Morgan fingerprint density at radius 3 is 3.12 bits per heavy atom. The molecular weight excluding hydrogens is 304 g/mol. The molecule has 2 aromatic rings. The molecule has 3 heterocycles. The molecule has 1 saturated heterocycles. The van der Waals surface area contributed by atoms with Crippen molar-refractivity contribution in [2.45, 2.75) is 45.4 Å². The van der Waals surface area contributed by atoms with E-state index in [0.717, 1.165) is 24.2 Å². The van der Waals surface area contributed by atoms with Crippen LogP contribution in [0.2, 0.25) is 0 Å². The quantitative estimate of drug-likeness (QED) is 0.844. The lowest BCUT2D eigenvalue weighted by molar-refractivity contribution is -0.137. The van der Waals surface area contributed by atoms with Crippen LogP contribution in [0.5, 0.6) is 0 Å². The number of rotatable bonds is 2. The van der Waals surface area contributed by atoms with Crippen molar-refractivity contribution < 1.29 is 9.53 Å². The number of carbonyl (C=O) groups excluding carboxylic acids is 1. The highest BCUT2D eigenvalue weighted by Crippen LogP contribution is 2.30. The number of hydrogen-bond donors (Lipinski definition) is 0. The smallest absolute Gasteiger partial charge is 0.227 e. The van der Waals surface area contributed by atoms with Crippen LogP contribution in [0.4, 0.5) is 0 Å². The van der Waals surface area contributed by atoms with E-state index in [1.807, 2.05) is 9.58 Å². The largest absolute Gasteiger partial charge is 0.370 e. The molecule has 1 aromatic heterocycles. The third-order valence-electron chi connectivity index (χ3n) is 5.13. The summed E-state index contributed by atoms with van der Waals surface area (Å²) in [6.07, 6.45) is 3.18. The van der Waals surface area contributed by atoms with Crippen molar-refractivity contribution in [3.8, 4) is 0 Å². The number of aryl methyl sites for hydroxylation is 2. The summed E-state index contributed by atoms with van der Waals surface area (Å²) < 4.78 is 7.85. The first-order valence-electron chi connectivity index (χ1n) is 8.46. The zero-order valence-electron chi connectivity index (χ0n) is 14.1. The van der Waals surface area contributed by atoms with Gasteiger partial charge in [-0.2, -0.15) is 0 Å². The molecule has 24 heavy (non-hydrogen) atoms. The van der Waals surface area contributed by atoms with Gasteiger partial charge in [-0.25, -0.2) is 4.68 Å². The topological polar surface area (TPSA) is 60.3 Å². The highest BCUT2D eigenvalue weighted by atomic mass is 16.5. The van der Waals surface area contributed by atoms with E-state index in [-0.39, 0.29) is 18.1 Å². The van der Waals surface area contributed by atoms with E-state index in [1.54, 1.807) is 6.20 Å². The molecule has 1 fully saturated rings. The fourth-order valence-electron chi connectivity index (χ4n) is 3.67. The molecular formula is C18H22N4O2. The first kappa shape index (κ1) is 15.3. The molecule has 4 rings (SSSR count). The van der Waals surface area contributed by atoms with Crippen molar-refractivity contribution >= 4 is 5.91 Å². The lowest BCUT2D eigenvalue weighted by atomic mass is 9.98. The van der Waals surface area contributed by atoms with E-state index in [0.29, 0.717) is 19.6 Å². The monoisotopic (exact) mass is 326 g/mol. The molecule has 0 aliphatic carbocycles. The van der Waals surface area contributed by atoms with Gasteiger partial charge in [-0.15, -0.1) is 5.10 Å². The number of hydrogen-bond acceptors (Lipinski definition) is 4. The Morgan fingerprint density at radius 1 is 1.38 bits per heavy atom. The van der Waals surface area contributed by atoms with E-state index in [4.69, 9.17) is 4.74 Å². The van der Waals surface area contributed by atoms with Crippen molar-refractivity contribution in [3.05, 3.63) is 46.8 Å². The number of ether oxygens (including phenoxy) is 1. The fraction of sp³-hybridized carbons (Fsp3) is 0.500. The Balaban J connectivity index is 1.50. The Hall–Kier alpha value is -2.21. The molecule has 0 bridgehead atoms. The molecule has 6 heteroatoms. The zero-order valence-corrected chi connectivity index (χ0v) is 14.1. The Kier molecular flexibility index (Phi) is 3.84. The minimum atomic E-state index is 0.0764. The molecule has 0 N–H and O–H groups in total. The summed E-state index contributed by atoms with van der Waals surface area (Å²) in [7, 11) is 0. The van der Waals surface area contributed by atoms with Crippen LogP contribution < -0.4 is 0 Å². The van der Waals surface area contributed by atoms with Gasteiger partial charge in [0.2, 0.25) is 5.91 Å². The van der Waals surface area contributed by atoms with E-state index in [2.05, 4.69) is 42.4 Å². The molecule has 126 valence electrons. The predicted octanol–water partition coefficient (Wildman–Crippen LogP) is 1.81. The number of carbonyl (C=O) groups is 1. The van der Waals surface area contributed by atoms with Gasteiger partial charge in [-0.05, 0) is 31.4 Å². The molecule has 1 aromatic carbocycles. The van der Waals surface area contributed by atoms with E-state index >= 15 is 0 Å².